The molecule has 1 aromatic carbocycles. The maximum atomic E-state index is 12.5. The molecule has 1 aliphatic carbocycles. The van der Waals surface area contributed by atoms with Gasteiger partial charge in [0.2, 0.25) is 0 Å². The van der Waals surface area contributed by atoms with Gasteiger partial charge in [0.15, 0.2) is 0 Å². The molecule has 0 unspecified atom stereocenters. The van der Waals surface area contributed by atoms with Gasteiger partial charge in [0, 0.05) is 5.56 Å². The van der Waals surface area contributed by atoms with Crippen molar-refractivity contribution in [2.24, 2.45) is 5.73 Å². The molecular formula is C15H20N2OS. The van der Waals surface area contributed by atoms with Gasteiger partial charge >= 0.3 is 0 Å². The molecule has 102 valence electrons. The molecule has 3 nitrogen and oxygen atoms in total. The summed E-state index contributed by atoms with van der Waals surface area (Å²) in [7, 11) is 0. The molecule has 1 saturated carbocycles. The van der Waals surface area contributed by atoms with Crippen LogP contribution >= 0.6 is 12.2 Å². The van der Waals surface area contributed by atoms with Crippen LogP contribution in [0.1, 0.15) is 48.5 Å². The van der Waals surface area contributed by atoms with Crippen LogP contribution in [0.2, 0.25) is 0 Å². The van der Waals surface area contributed by atoms with Crippen molar-refractivity contribution in [3.05, 3.63) is 35.4 Å². The summed E-state index contributed by atoms with van der Waals surface area (Å²) >= 11 is 5.16. The standard InChI is InChI=1S/C15H20N2OS/c1-2-11-7-3-4-8-12(11)13(18)17-15(14(16)19)9-5-6-10-15/h3-4,7-8H,2,5-6,9-10H2,1H3,(H2,16,19)(H,17,18). The molecule has 3 N–H and O–H groups in total. The van der Waals surface area contributed by atoms with Crippen molar-refractivity contribution >= 4 is 23.1 Å². The molecule has 1 aliphatic rings. The minimum atomic E-state index is -0.479. The maximum absolute atomic E-state index is 12.5. The normalized spacial score (nSPS) is 17.1. The Bertz CT molecular complexity index is 493. The Morgan fingerprint density at radius 2 is 2.00 bits per heavy atom. The van der Waals surface area contributed by atoms with Crippen molar-refractivity contribution in [3.8, 4) is 0 Å². The maximum Gasteiger partial charge on any atom is 0.252 e. The quantitative estimate of drug-likeness (QED) is 0.831. The van der Waals surface area contributed by atoms with Gasteiger partial charge in [-0.05, 0) is 30.9 Å². The van der Waals surface area contributed by atoms with Gasteiger partial charge in [-0.25, -0.2) is 0 Å². The van der Waals surface area contributed by atoms with Crippen LogP contribution in [0.3, 0.4) is 0 Å². The predicted molar refractivity (Wildman–Crippen MR) is 81.3 cm³/mol. The van der Waals surface area contributed by atoms with Gasteiger partial charge in [0.1, 0.15) is 0 Å². The fraction of sp³-hybridized carbons (Fsp3) is 0.467. The topological polar surface area (TPSA) is 55.1 Å². The lowest BCUT2D eigenvalue weighted by Gasteiger charge is -2.29. The number of carbonyl (C=O) groups excluding carboxylic acids is 1. The van der Waals surface area contributed by atoms with Crippen LogP contribution in [0.25, 0.3) is 0 Å². The van der Waals surface area contributed by atoms with Gasteiger partial charge in [0.25, 0.3) is 5.91 Å². The molecule has 0 bridgehead atoms. The number of aryl methyl sites for hydroxylation is 1. The van der Waals surface area contributed by atoms with Crippen LogP contribution in [0, 0.1) is 0 Å². The lowest BCUT2D eigenvalue weighted by Crippen LogP contribution is -2.54. The van der Waals surface area contributed by atoms with Crippen LogP contribution < -0.4 is 11.1 Å². The number of benzene rings is 1. The van der Waals surface area contributed by atoms with Gasteiger partial charge < -0.3 is 11.1 Å². The highest BCUT2D eigenvalue weighted by molar-refractivity contribution is 7.80. The molecule has 0 aliphatic heterocycles. The smallest absolute Gasteiger partial charge is 0.252 e. The van der Waals surface area contributed by atoms with E-state index in [1.165, 1.54) is 0 Å². The van der Waals surface area contributed by atoms with E-state index < -0.39 is 5.54 Å². The third-order valence-corrected chi connectivity index (χ3v) is 4.32. The molecular weight excluding hydrogens is 256 g/mol. The molecule has 1 amide bonds. The zero-order valence-corrected chi connectivity index (χ0v) is 12.1. The molecule has 4 heteroatoms. The average Bonchev–Trinajstić information content (AvgIpc) is 2.88. The van der Waals surface area contributed by atoms with E-state index in [4.69, 9.17) is 18.0 Å². The number of rotatable bonds is 4. The van der Waals surface area contributed by atoms with Crippen LogP contribution in [0.5, 0.6) is 0 Å². The SMILES string of the molecule is CCc1ccccc1C(=O)NC1(C(N)=S)CCCC1. The molecule has 0 heterocycles. The number of nitrogens with one attached hydrogen (secondary N) is 1. The van der Waals surface area contributed by atoms with E-state index in [1.807, 2.05) is 31.2 Å². The summed E-state index contributed by atoms with van der Waals surface area (Å²) < 4.78 is 0. The molecule has 0 atom stereocenters. The highest BCUT2D eigenvalue weighted by Gasteiger charge is 2.38. The third-order valence-electron chi connectivity index (χ3n) is 3.92. The number of hydrogen-bond donors (Lipinski definition) is 2. The van der Waals surface area contributed by atoms with E-state index in [9.17, 15) is 4.79 Å². The summed E-state index contributed by atoms with van der Waals surface area (Å²) in [6.45, 7) is 2.05. The molecule has 0 spiro atoms. The van der Waals surface area contributed by atoms with Gasteiger partial charge in [-0.3, -0.25) is 4.79 Å². The zero-order valence-electron chi connectivity index (χ0n) is 11.2. The number of nitrogens with two attached hydrogens (primary N) is 1. The lowest BCUT2D eigenvalue weighted by molar-refractivity contribution is 0.0923. The molecule has 2 rings (SSSR count). The lowest BCUT2D eigenvalue weighted by atomic mass is 9.96. The fourth-order valence-corrected chi connectivity index (χ4v) is 3.00. The largest absolute Gasteiger partial charge is 0.391 e. The van der Waals surface area contributed by atoms with Crippen LogP contribution in [-0.2, 0) is 6.42 Å². The molecule has 1 aromatic rings. The van der Waals surface area contributed by atoms with Crippen molar-refractivity contribution in [2.45, 2.75) is 44.6 Å². The minimum absolute atomic E-state index is 0.0628. The van der Waals surface area contributed by atoms with Crippen LogP contribution in [-0.4, -0.2) is 16.4 Å². The molecule has 0 aromatic heterocycles. The first-order valence-electron chi connectivity index (χ1n) is 6.79. The summed E-state index contributed by atoms with van der Waals surface area (Å²) in [6, 6.07) is 7.68. The van der Waals surface area contributed by atoms with E-state index in [-0.39, 0.29) is 5.91 Å². The summed E-state index contributed by atoms with van der Waals surface area (Å²) in [5, 5.41) is 3.08. The Kier molecular flexibility index (Phi) is 4.20. The van der Waals surface area contributed by atoms with E-state index in [1.54, 1.807) is 0 Å². The van der Waals surface area contributed by atoms with Gasteiger partial charge in [0.05, 0.1) is 10.5 Å². The zero-order chi connectivity index (χ0) is 13.9. The Morgan fingerprint density at radius 3 is 2.58 bits per heavy atom. The number of thiocarbonyl (C=S) groups is 1. The van der Waals surface area contributed by atoms with Gasteiger partial charge in [-0.1, -0.05) is 50.2 Å². The third kappa shape index (κ3) is 2.78. The van der Waals surface area contributed by atoms with Crippen molar-refractivity contribution in [2.75, 3.05) is 0 Å². The fourth-order valence-electron chi connectivity index (χ4n) is 2.75. The van der Waals surface area contributed by atoms with Crippen molar-refractivity contribution in [1.29, 1.82) is 0 Å². The number of amides is 1. The average molecular weight is 276 g/mol. The van der Waals surface area contributed by atoms with Crippen molar-refractivity contribution in [3.63, 3.8) is 0 Å². The first-order chi connectivity index (χ1) is 9.09. The van der Waals surface area contributed by atoms with Crippen LogP contribution in [0.4, 0.5) is 0 Å². The van der Waals surface area contributed by atoms with Crippen LogP contribution in [0.15, 0.2) is 24.3 Å². The first kappa shape index (κ1) is 14.0. The van der Waals surface area contributed by atoms with Gasteiger partial charge in [-0.2, -0.15) is 0 Å². The highest BCUT2D eigenvalue weighted by Crippen LogP contribution is 2.30. The van der Waals surface area contributed by atoms with E-state index in [2.05, 4.69) is 5.32 Å². The first-order valence-corrected chi connectivity index (χ1v) is 7.20. The predicted octanol–water partition coefficient (Wildman–Crippen LogP) is 2.58. The molecule has 1 fully saturated rings. The minimum Gasteiger partial charge on any atom is -0.391 e. The molecule has 19 heavy (non-hydrogen) atoms. The van der Waals surface area contributed by atoms with E-state index in [0.29, 0.717) is 4.99 Å². The van der Waals surface area contributed by atoms with Crippen molar-refractivity contribution in [1.82, 2.24) is 5.32 Å². The van der Waals surface area contributed by atoms with Crippen molar-refractivity contribution < 1.29 is 4.79 Å². The Morgan fingerprint density at radius 1 is 1.37 bits per heavy atom. The Hall–Kier alpha value is -1.42. The second kappa shape index (κ2) is 5.70. The second-order valence-electron chi connectivity index (χ2n) is 5.12. The summed E-state index contributed by atoms with van der Waals surface area (Å²) in [5.74, 6) is -0.0628. The number of carbonyl (C=O) groups is 1. The molecule has 0 saturated heterocycles. The van der Waals surface area contributed by atoms with Gasteiger partial charge in [-0.15, -0.1) is 0 Å². The van der Waals surface area contributed by atoms with E-state index >= 15 is 0 Å². The summed E-state index contributed by atoms with van der Waals surface area (Å²) in [5.41, 5.74) is 7.15. The van der Waals surface area contributed by atoms with E-state index in [0.717, 1.165) is 43.2 Å². The molecule has 0 radical (unpaired) electrons. The highest BCUT2D eigenvalue weighted by atomic mass is 32.1. The summed E-state index contributed by atoms with van der Waals surface area (Å²) in [6.07, 6.45) is 4.66. The summed E-state index contributed by atoms with van der Waals surface area (Å²) in [4.78, 5) is 12.9. The second-order valence-corrected chi connectivity index (χ2v) is 5.56. The number of hydrogen-bond acceptors (Lipinski definition) is 2. The monoisotopic (exact) mass is 276 g/mol. The Labute approximate surface area is 119 Å². The Balaban J connectivity index is 2.23.